The zero-order valence-electron chi connectivity index (χ0n) is 5.79. The summed E-state index contributed by atoms with van der Waals surface area (Å²) in [7, 11) is 0. The van der Waals surface area contributed by atoms with Crippen LogP contribution in [0.3, 0.4) is 0 Å². The lowest BCUT2D eigenvalue weighted by molar-refractivity contribution is -0.137. The van der Waals surface area contributed by atoms with Crippen LogP contribution in [0.2, 0.25) is 0 Å². The maximum absolute atomic E-state index is 10.1. The summed E-state index contributed by atoms with van der Waals surface area (Å²) in [5.41, 5.74) is 0. The molecule has 0 saturated heterocycles. The van der Waals surface area contributed by atoms with Gasteiger partial charge in [-0.3, -0.25) is 4.79 Å². The number of carboxylic acids is 1. The van der Waals surface area contributed by atoms with Gasteiger partial charge in [-0.05, 0) is 12.8 Å². The average molecular weight is 128 g/mol. The minimum absolute atomic E-state index is 0.160. The molecule has 0 radical (unpaired) electrons. The minimum Gasteiger partial charge on any atom is -0.481 e. The number of allylic oxidation sites excluding steroid dienone is 2. The van der Waals surface area contributed by atoms with Crippen LogP contribution in [-0.4, -0.2) is 11.1 Å². The molecule has 0 aromatic carbocycles. The van der Waals surface area contributed by atoms with Gasteiger partial charge in [0.05, 0.1) is 6.42 Å². The summed E-state index contributed by atoms with van der Waals surface area (Å²) in [5, 5.41) is 8.28. The van der Waals surface area contributed by atoms with Gasteiger partial charge >= 0.3 is 5.97 Å². The lowest BCUT2D eigenvalue weighted by Gasteiger charge is -1.98. The first-order chi connectivity index (χ1) is 4.16. The second-order valence-electron chi connectivity index (χ2n) is 2.10. The van der Waals surface area contributed by atoms with Crippen molar-refractivity contribution in [2.75, 3.05) is 0 Å². The van der Waals surface area contributed by atoms with Gasteiger partial charge in [0.1, 0.15) is 0 Å². The Morgan fingerprint density at radius 2 is 2.33 bits per heavy atom. The molecule has 9 heavy (non-hydrogen) atoms. The molecule has 0 saturated carbocycles. The Morgan fingerprint density at radius 1 is 1.78 bits per heavy atom. The second kappa shape index (κ2) is 4.13. The normalized spacial score (nSPS) is 14.0. The van der Waals surface area contributed by atoms with Crippen LogP contribution in [0, 0.1) is 5.92 Å². The van der Waals surface area contributed by atoms with E-state index in [0.717, 1.165) is 0 Å². The van der Waals surface area contributed by atoms with E-state index in [0.29, 0.717) is 0 Å². The molecule has 0 aliphatic heterocycles. The highest BCUT2D eigenvalue weighted by Gasteiger charge is 2.01. The van der Waals surface area contributed by atoms with E-state index in [4.69, 9.17) is 5.11 Å². The highest BCUT2D eigenvalue weighted by molar-refractivity contribution is 5.67. The number of carboxylic acid groups (broad SMARTS) is 1. The Hall–Kier alpha value is -0.790. The number of hydrogen-bond acceptors (Lipinski definition) is 1. The molecule has 0 aromatic rings. The lowest BCUT2D eigenvalue weighted by Crippen LogP contribution is -2.00. The van der Waals surface area contributed by atoms with Crippen LogP contribution in [0.5, 0.6) is 0 Å². The Morgan fingerprint density at radius 3 is 2.67 bits per heavy atom. The van der Waals surface area contributed by atoms with E-state index in [1.54, 1.807) is 0 Å². The number of rotatable bonds is 3. The van der Waals surface area contributed by atoms with Gasteiger partial charge in [0.15, 0.2) is 0 Å². The van der Waals surface area contributed by atoms with Crippen LogP contribution in [0.15, 0.2) is 12.2 Å². The third-order valence-corrected chi connectivity index (χ3v) is 1.02. The van der Waals surface area contributed by atoms with E-state index in [-0.39, 0.29) is 12.3 Å². The van der Waals surface area contributed by atoms with E-state index in [1.807, 2.05) is 26.0 Å². The molecule has 52 valence electrons. The molecular formula is C7H12O2. The van der Waals surface area contributed by atoms with E-state index < -0.39 is 5.97 Å². The Kier molecular flexibility index (Phi) is 3.76. The van der Waals surface area contributed by atoms with Crippen LogP contribution in [0.4, 0.5) is 0 Å². The van der Waals surface area contributed by atoms with Crippen LogP contribution in [0.1, 0.15) is 20.3 Å². The molecule has 0 amide bonds. The molecule has 2 nitrogen and oxygen atoms in total. The molecule has 0 aliphatic carbocycles. The van der Waals surface area contributed by atoms with Gasteiger partial charge in [-0.25, -0.2) is 0 Å². The summed E-state index contributed by atoms with van der Waals surface area (Å²) >= 11 is 0. The smallest absolute Gasteiger partial charge is 0.303 e. The van der Waals surface area contributed by atoms with Crippen molar-refractivity contribution in [1.29, 1.82) is 0 Å². The summed E-state index contributed by atoms with van der Waals surface area (Å²) in [6.45, 7) is 3.77. The van der Waals surface area contributed by atoms with Crippen LogP contribution >= 0.6 is 0 Å². The van der Waals surface area contributed by atoms with Crippen molar-refractivity contribution in [1.82, 2.24) is 0 Å². The zero-order chi connectivity index (χ0) is 7.28. The minimum atomic E-state index is -0.736. The molecule has 0 aliphatic rings. The fraction of sp³-hybridized carbons (Fsp3) is 0.571. The molecule has 0 rings (SSSR count). The highest BCUT2D eigenvalue weighted by Crippen LogP contribution is 2.02. The van der Waals surface area contributed by atoms with Gasteiger partial charge in [-0.2, -0.15) is 0 Å². The summed E-state index contributed by atoms with van der Waals surface area (Å²) in [6.07, 6.45) is 3.98. The Bertz CT molecular complexity index is 116. The van der Waals surface area contributed by atoms with E-state index >= 15 is 0 Å². The monoisotopic (exact) mass is 128 g/mol. The molecule has 0 spiro atoms. The SMILES string of the molecule is C/C=C/[C@@H](C)CC(=O)O. The van der Waals surface area contributed by atoms with Crippen molar-refractivity contribution < 1.29 is 9.90 Å². The van der Waals surface area contributed by atoms with Gasteiger partial charge < -0.3 is 5.11 Å². The van der Waals surface area contributed by atoms with E-state index in [1.165, 1.54) is 0 Å². The van der Waals surface area contributed by atoms with Gasteiger partial charge in [0, 0.05) is 0 Å². The molecule has 1 atom stereocenters. The van der Waals surface area contributed by atoms with Crippen molar-refractivity contribution in [3.8, 4) is 0 Å². The van der Waals surface area contributed by atoms with Crippen molar-refractivity contribution in [3.05, 3.63) is 12.2 Å². The molecular weight excluding hydrogens is 116 g/mol. The van der Waals surface area contributed by atoms with E-state index in [9.17, 15) is 4.79 Å². The van der Waals surface area contributed by atoms with Crippen molar-refractivity contribution >= 4 is 5.97 Å². The molecule has 2 heteroatoms. The van der Waals surface area contributed by atoms with Crippen LogP contribution in [0.25, 0.3) is 0 Å². The third-order valence-electron chi connectivity index (χ3n) is 1.02. The molecule has 0 heterocycles. The predicted octanol–water partition coefficient (Wildman–Crippen LogP) is 1.67. The Balaban J connectivity index is 3.50. The molecule has 1 N–H and O–H groups in total. The average Bonchev–Trinajstić information content (AvgIpc) is 1.63. The number of aliphatic carboxylic acids is 1. The van der Waals surface area contributed by atoms with Gasteiger partial charge in [-0.15, -0.1) is 0 Å². The second-order valence-corrected chi connectivity index (χ2v) is 2.10. The van der Waals surface area contributed by atoms with Crippen LogP contribution < -0.4 is 0 Å². The quantitative estimate of drug-likeness (QED) is 0.587. The number of carbonyl (C=O) groups is 1. The fourth-order valence-electron chi connectivity index (χ4n) is 0.672. The lowest BCUT2D eigenvalue weighted by atomic mass is 10.1. The summed E-state index contributed by atoms with van der Waals surface area (Å²) in [4.78, 5) is 10.1. The molecule has 0 bridgehead atoms. The predicted molar refractivity (Wildman–Crippen MR) is 36.2 cm³/mol. The summed E-state index contributed by atoms with van der Waals surface area (Å²) in [5.74, 6) is -0.576. The fourth-order valence-corrected chi connectivity index (χ4v) is 0.672. The largest absolute Gasteiger partial charge is 0.481 e. The third kappa shape index (κ3) is 5.07. The summed E-state index contributed by atoms with van der Waals surface area (Å²) < 4.78 is 0. The van der Waals surface area contributed by atoms with Crippen LogP contribution in [-0.2, 0) is 4.79 Å². The summed E-state index contributed by atoms with van der Waals surface area (Å²) in [6, 6.07) is 0. The zero-order valence-corrected chi connectivity index (χ0v) is 5.79. The highest BCUT2D eigenvalue weighted by atomic mass is 16.4. The van der Waals surface area contributed by atoms with Gasteiger partial charge in [0.25, 0.3) is 0 Å². The van der Waals surface area contributed by atoms with Crippen molar-refractivity contribution in [2.45, 2.75) is 20.3 Å². The first-order valence-corrected chi connectivity index (χ1v) is 3.01. The first kappa shape index (κ1) is 8.21. The van der Waals surface area contributed by atoms with E-state index in [2.05, 4.69) is 0 Å². The van der Waals surface area contributed by atoms with Crippen molar-refractivity contribution in [2.24, 2.45) is 5.92 Å². The maximum atomic E-state index is 10.1. The van der Waals surface area contributed by atoms with Crippen molar-refractivity contribution in [3.63, 3.8) is 0 Å². The molecule has 0 unspecified atom stereocenters. The first-order valence-electron chi connectivity index (χ1n) is 3.01. The number of hydrogen-bond donors (Lipinski definition) is 1. The maximum Gasteiger partial charge on any atom is 0.303 e. The topological polar surface area (TPSA) is 37.3 Å². The standard InChI is InChI=1S/C7H12O2/c1-3-4-6(2)5-7(8)9/h3-4,6H,5H2,1-2H3,(H,8,9)/b4-3+/t6-/m1/s1. The Labute approximate surface area is 55.2 Å². The molecule has 0 aromatic heterocycles. The molecule has 0 fully saturated rings. The van der Waals surface area contributed by atoms with Gasteiger partial charge in [0.2, 0.25) is 0 Å². The van der Waals surface area contributed by atoms with Gasteiger partial charge in [-0.1, -0.05) is 19.1 Å².